The van der Waals surface area contributed by atoms with Gasteiger partial charge in [-0.1, -0.05) is 0 Å². The number of rotatable bonds is 4. The van der Waals surface area contributed by atoms with Crippen LogP contribution in [0.1, 0.15) is 19.8 Å². The van der Waals surface area contributed by atoms with Crippen LogP contribution in [0.3, 0.4) is 0 Å². The Kier molecular flexibility index (Phi) is 6.28. The quantitative estimate of drug-likeness (QED) is 0.521. The predicted molar refractivity (Wildman–Crippen MR) is 62.6 cm³/mol. The highest BCUT2D eigenvalue weighted by Crippen LogP contribution is 2.18. The first-order chi connectivity index (χ1) is 7.93. The van der Waals surface area contributed by atoms with E-state index in [0.29, 0.717) is 13.0 Å². The van der Waals surface area contributed by atoms with Crippen LogP contribution in [0.15, 0.2) is 0 Å². The number of nitrogens with one attached hydrogen (secondary N) is 1. The fraction of sp³-hybridized carbons (Fsp3) is 0.700. The van der Waals surface area contributed by atoms with Gasteiger partial charge in [0.2, 0.25) is 11.8 Å². The molecule has 0 aromatic carbocycles. The summed E-state index contributed by atoms with van der Waals surface area (Å²) in [6, 6.07) is -1.24. The number of hydrogen-bond donors (Lipinski definition) is 3. The van der Waals surface area contributed by atoms with E-state index in [1.165, 1.54) is 4.90 Å². The standard InChI is InChI=1S/C10H17N3O4.H2O/c1-6(11)10(17)13-4-2-3-7(13)9(16)12-5-8(14)15;/h6-7H,2-5,11H2,1H3,(H,12,16)(H,14,15);1H2/t6-,7-;/m0./s1. The van der Waals surface area contributed by atoms with Gasteiger partial charge in [-0.15, -0.1) is 0 Å². The summed E-state index contributed by atoms with van der Waals surface area (Å²) in [5.74, 6) is -1.82. The Bertz CT molecular complexity index is 331. The highest BCUT2D eigenvalue weighted by Gasteiger charge is 2.34. The van der Waals surface area contributed by atoms with Crippen molar-refractivity contribution in [2.75, 3.05) is 13.1 Å². The molecule has 0 aliphatic carbocycles. The number of amides is 2. The summed E-state index contributed by atoms with van der Waals surface area (Å²) < 4.78 is 0. The number of nitrogens with zero attached hydrogens (tertiary/aromatic N) is 1. The first-order valence-corrected chi connectivity index (χ1v) is 5.49. The molecule has 0 radical (unpaired) electrons. The molecule has 104 valence electrons. The van der Waals surface area contributed by atoms with E-state index in [2.05, 4.69) is 5.32 Å². The largest absolute Gasteiger partial charge is 0.480 e. The van der Waals surface area contributed by atoms with Gasteiger partial charge in [0, 0.05) is 6.54 Å². The van der Waals surface area contributed by atoms with Crippen molar-refractivity contribution in [2.24, 2.45) is 5.73 Å². The van der Waals surface area contributed by atoms with Crippen LogP contribution >= 0.6 is 0 Å². The summed E-state index contributed by atoms with van der Waals surface area (Å²) in [4.78, 5) is 35.1. The summed E-state index contributed by atoms with van der Waals surface area (Å²) in [6.45, 7) is 1.62. The lowest BCUT2D eigenvalue weighted by atomic mass is 10.2. The molecule has 0 unspecified atom stereocenters. The zero-order valence-electron chi connectivity index (χ0n) is 10.2. The maximum Gasteiger partial charge on any atom is 0.322 e. The predicted octanol–water partition coefficient (Wildman–Crippen LogP) is -2.30. The molecular weight excluding hydrogens is 242 g/mol. The van der Waals surface area contributed by atoms with Gasteiger partial charge in [0.1, 0.15) is 12.6 Å². The summed E-state index contributed by atoms with van der Waals surface area (Å²) in [5.41, 5.74) is 5.48. The Hall–Kier alpha value is -1.67. The van der Waals surface area contributed by atoms with Gasteiger partial charge < -0.3 is 26.5 Å². The fourth-order valence-corrected chi connectivity index (χ4v) is 1.85. The van der Waals surface area contributed by atoms with Crippen molar-refractivity contribution in [1.29, 1.82) is 0 Å². The zero-order valence-corrected chi connectivity index (χ0v) is 10.2. The molecule has 1 saturated heterocycles. The molecular formula is C10H19N3O5. The second-order valence-corrected chi connectivity index (χ2v) is 4.09. The first kappa shape index (κ1) is 16.3. The molecule has 18 heavy (non-hydrogen) atoms. The van der Waals surface area contributed by atoms with Gasteiger partial charge in [0.15, 0.2) is 0 Å². The topological polar surface area (TPSA) is 144 Å². The molecule has 1 fully saturated rings. The molecule has 1 aliphatic heterocycles. The van der Waals surface area contributed by atoms with Gasteiger partial charge >= 0.3 is 5.97 Å². The maximum atomic E-state index is 11.7. The van der Waals surface area contributed by atoms with Gasteiger partial charge in [-0.3, -0.25) is 14.4 Å². The third kappa shape index (κ3) is 3.97. The summed E-state index contributed by atoms with van der Waals surface area (Å²) in [7, 11) is 0. The van der Waals surface area contributed by atoms with Crippen LogP contribution in [0.5, 0.6) is 0 Å². The summed E-state index contributed by atoms with van der Waals surface area (Å²) >= 11 is 0. The van der Waals surface area contributed by atoms with E-state index in [4.69, 9.17) is 10.8 Å². The Balaban J connectivity index is 0.00000289. The van der Waals surface area contributed by atoms with Gasteiger partial charge in [0.05, 0.1) is 6.04 Å². The number of likely N-dealkylation sites (tertiary alicyclic amines) is 1. The molecule has 2 atom stereocenters. The van der Waals surface area contributed by atoms with Crippen molar-refractivity contribution in [2.45, 2.75) is 31.8 Å². The second-order valence-electron chi connectivity index (χ2n) is 4.09. The first-order valence-electron chi connectivity index (χ1n) is 5.49. The van der Waals surface area contributed by atoms with Crippen molar-refractivity contribution in [1.82, 2.24) is 10.2 Å². The van der Waals surface area contributed by atoms with Crippen LogP contribution in [-0.2, 0) is 14.4 Å². The van der Waals surface area contributed by atoms with Gasteiger partial charge in [-0.05, 0) is 19.8 Å². The number of carbonyl (C=O) groups excluding carboxylic acids is 2. The van der Waals surface area contributed by atoms with Crippen LogP contribution in [0.25, 0.3) is 0 Å². The molecule has 0 saturated carbocycles. The van der Waals surface area contributed by atoms with E-state index in [0.717, 1.165) is 6.42 Å². The molecule has 8 nitrogen and oxygen atoms in total. The number of nitrogens with two attached hydrogens (primary N) is 1. The highest BCUT2D eigenvalue weighted by atomic mass is 16.4. The SMILES string of the molecule is C[C@H](N)C(=O)N1CCC[C@H]1C(=O)NCC(=O)O.O. The fourth-order valence-electron chi connectivity index (χ4n) is 1.85. The van der Waals surface area contributed by atoms with Gasteiger partial charge in [0.25, 0.3) is 0 Å². The Labute approximate surface area is 104 Å². The van der Waals surface area contributed by atoms with Crippen LogP contribution in [-0.4, -0.2) is 58.4 Å². The molecule has 1 heterocycles. The Morgan fingerprint density at radius 2 is 2.11 bits per heavy atom. The molecule has 0 bridgehead atoms. The van der Waals surface area contributed by atoms with E-state index in [9.17, 15) is 14.4 Å². The number of carbonyl (C=O) groups is 3. The minimum atomic E-state index is -1.11. The van der Waals surface area contributed by atoms with Crippen molar-refractivity contribution in [3.8, 4) is 0 Å². The zero-order chi connectivity index (χ0) is 13.0. The molecule has 0 aromatic rings. The van der Waals surface area contributed by atoms with Crippen molar-refractivity contribution in [3.05, 3.63) is 0 Å². The van der Waals surface area contributed by atoms with E-state index in [1.54, 1.807) is 6.92 Å². The summed E-state index contributed by atoms with van der Waals surface area (Å²) in [5, 5.41) is 10.7. The van der Waals surface area contributed by atoms with Crippen molar-refractivity contribution < 1.29 is 25.0 Å². The molecule has 8 heteroatoms. The van der Waals surface area contributed by atoms with Crippen molar-refractivity contribution in [3.63, 3.8) is 0 Å². The summed E-state index contributed by atoms with van der Waals surface area (Å²) in [6.07, 6.45) is 1.27. The highest BCUT2D eigenvalue weighted by molar-refractivity contribution is 5.91. The molecule has 0 spiro atoms. The van der Waals surface area contributed by atoms with Gasteiger partial charge in [-0.25, -0.2) is 0 Å². The second kappa shape index (κ2) is 6.92. The van der Waals surface area contributed by atoms with Gasteiger partial charge in [-0.2, -0.15) is 0 Å². The number of aliphatic carboxylic acids is 1. The normalized spacial score (nSPS) is 19.9. The van der Waals surface area contributed by atoms with Crippen LogP contribution < -0.4 is 11.1 Å². The smallest absolute Gasteiger partial charge is 0.322 e. The minimum Gasteiger partial charge on any atom is -0.480 e. The maximum absolute atomic E-state index is 11.7. The monoisotopic (exact) mass is 261 g/mol. The molecule has 2 amide bonds. The number of hydrogen-bond acceptors (Lipinski definition) is 4. The van der Waals surface area contributed by atoms with Crippen LogP contribution in [0.2, 0.25) is 0 Å². The lowest BCUT2D eigenvalue weighted by Gasteiger charge is -2.25. The Morgan fingerprint density at radius 3 is 2.61 bits per heavy atom. The Morgan fingerprint density at radius 1 is 1.50 bits per heavy atom. The van der Waals surface area contributed by atoms with E-state index >= 15 is 0 Å². The molecule has 6 N–H and O–H groups in total. The lowest BCUT2D eigenvalue weighted by Crippen LogP contribution is -2.51. The number of carboxylic acid groups (broad SMARTS) is 1. The third-order valence-electron chi connectivity index (χ3n) is 2.64. The molecule has 1 aliphatic rings. The third-order valence-corrected chi connectivity index (χ3v) is 2.64. The molecule has 0 aromatic heterocycles. The van der Waals surface area contributed by atoms with E-state index in [-0.39, 0.29) is 11.4 Å². The van der Waals surface area contributed by atoms with Crippen molar-refractivity contribution >= 4 is 17.8 Å². The van der Waals surface area contributed by atoms with Crippen LogP contribution in [0, 0.1) is 0 Å². The van der Waals surface area contributed by atoms with E-state index < -0.39 is 30.5 Å². The van der Waals surface area contributed by atoms with E-state index in [1.807, 2.05) is 0 Å². The molecule has 1 rings (SSSR count). The lowest BCUT2D eigenvalue weighted by molar-refractivity contribution is -0.141. The average Bonchev–Trinajstić information content (AvgIpc) is 2.73. The van der Waals surface area contributed by atoms with Crippen LogP contribution in [0.4, 0.5) is 0 Å². The minimum absolute atomic E-state index is 0. The average molecular weight is 261 g/mol. The number of carboxylic acids is 1.